The zero-order chi connectivity index (χ0) is 20.4. The number of nitrogens with zero attached hydrogens (tertiary/aromatic N) is 2. The van der Waals surface area contributed by atoms with Gasteiger partial charge in [0.2, 0.25) is 15.9 Å². The van der Waals surface area contributed by atoms with Crippen LogP contribution in [0.1, 0.15) is 50.2 Å². The molecule has 154 valence electrons. The van der Waals surface area contributed by atoms with Crippen LogP contribution in [-0.4, -0.2) is 24.1 Å². The highest BCUT2D eigenvalue weighted by molar-refractivity contribution is 8.00. The lowest BCUT2D eigenvalue weighted by molar-refractivity contribution is -0.0328. The molecule has 0 aliphatic heterocycles. The van der Waals surface area contributed by atoms with Gasteiger partial charge in [0, 0.05) is 11.8 Å². The minimum Gasteiger partial charge on any atom is -0.340 e. The van der Waals surface area contributed by atoms with Gasteiger partial charge < -0.3 is 4.52 Å². The van der Waals surface area contributed by atoms with E-state index in [1.54, 1.807) is 6.92 Å². The van der Waals surface area contributed by atoms with Gasteiger partial charge in [-0.2, -0.15) is 22.9 Å². The summed E-state index contributed by atoms with van der Waals surface area (Å²) < 4.78 is 71.1. The van der Waals surface area contributed by atoms with Crippen LogP contribution in [0, 0.1) is 6.92 Å². The second-order valence-electron chi connectivity index (χ2n) is 6.76. The predicted molar refractivity (Wildman–Crippen MR) is 97.1 cm³/mol. The third-order valence-corrected chi connectivity index (χ3v) is 6.90. The van der Waals surface area contributed by atoms with Gasteiger partial charge in [0.1, 0.15) is 0 Å². The lowest BCUT2D eigenvalue weighted by Gasteiger charge is -2.30. The van der Waals surface area contributed by atoms with Crippen LogP contribution in [0.5, 0.6) is 0 Å². The summed E-state index contributed by atoms with van der Waals surface area (Å²) in [5.41, 5.74) is -5.42. The number of benzene rings is 1. The number of halogens is 3. The van der Waals surface area contributed by atoms with Crippen LogP contribution in [0.25, 0.3) is 0 Å². The van der Waals surface area contributed by atoms with Gasteiger partial charge in [-0.15, -0.1) is 0 Å². The third kappa shape index (κ3) is 5.06. The summed E-state index contributed by atoms with van der Waals surface area (Å²) in [6.45, 7) is 1.63. The van der Waals surface area contributed by atoms with Crippen molar-refractivity contribution in [3.05, 3.63) is 36.0 Å². The summed E-state index contributed by atoms with van der Waals surface area (Å²) in [6, 6.07) is 4.63. The van der Waals surface area contributed by atoms with E-state index in [4.69, 9.17) is 4.52 Å². The lowest BCUT2D eigenvalue weighted by atomic mass is 9.91. The fourth-order valence-electron chi connectivity index (χ4n) is 3.33. The van der Waals surface area contributed by atoms with E-state index >= 15 is 0 Å². The van der Waals surface area contributed by atoms with Crippen molar-refractivity contribution in [2.24, 2.45) is 0 Å². The Bertz CT molecular complexity index is 904. The van der Waals surface area contributed by atoms with E-state index < -0.39 is 21.1 Å². The Morgan fingerprint density at radius 2 is 1.71 bits per heavy atom. The average Bonchev–Trinajstić information content (AvgIpc) is 2.90. The topological polar surface area (TPSA) is 85.1 Å². The lowest BCUT2D eigenvalue weighted by Crippen LogP contribution is -2.46. The van der Waals surface area contributed by atoms with Gasteiger partial charge in [-0.05, 0) is 48.9 Å². The summed E-state index contributed by atoms with van der Waals surface area (Å²) in [7, 11) is -4.00. The molecule has 0 spiro atoms. The fourth-order valence-corrected chi connectivity index (χ4v) is 5.30. The van der Waals surface area contributed by atoms with Crippen molar-refractivity contribution in [1.82, 2.24) is 14.9 Å². The number of alkyl halides is 3. The molecule has 1 fully saturated rings. The molecule has 0 unspecified atom stereocenters. The van der Waals surface area contributed by atoms with Crippen molar-refractivity contribution in [2.75, 3.05) is 0 Å². The van der Waals surface area contributed by atoms with Crippen LogP contribution < -0.4 is 4.72 Å². The Balaban J connectivity index is 1.89. The first-order chi connectivity index (χ1) is 13.1. The Kier molecular flexibility index (Phi) is 6.06. The second kappa shape index (κ2) is 8.03. The van der Waals surface area contributed by atoms with E-state index in [-0.39, 0.29) is 21.6 Å². The molecule has 1 aromatic heterocycles. The molecule has 1 heterocycles. The highest BCUT2D eigenvalue weighted by Crippen LogP contribution is 2.38. The number of hydrogen-bond acceptors (Lipinski definition) is 6. The quantitative estimate of drug-likeness (QED) is 0.549. The first-order valence-electron chi connectivity index (χ1n) is 8.80. The Labute approximate surface area is 165 Å². The standard InChI is InChI=1S/C17H20F3N3O3S2/c1-12-21-15(22-26-12)16(10-4-2-3-5-11-16)23-28(24,25)14-8-6-13(7-9-14)27-17(18,19)20/h6-9,23H,2-5,10-11H2,1H3. The van der Waals surface area contributed by atoms with Crippen LogP contribution in [0.15, 0.2) is 38.6 Å². The minimum atomic E-state index is -4.43. The summed E-state index contributed by atoms with van der Waals surface area (Å²) in [6.07, 6.45) is 4.60. The van der Waals surface area contributed by atoms with E-state index in [1.165, 1.54) is 12.1 Å². The number of aryl methyl sites for hydroxylation is 1. The van der Waals surface area contributed by atoms with E-state index in [0.717, 1.165) is 37.8 Å². The van der Waals surface area contributed by atoms with Crippen molar-refractivity contribution in [2.45, 2.75) is 66.3 Å². The SMILES string of the molecule is Cc1nc(C2(NS(=O)(=O)c3ccc(SC(F)(F)F)cc3)CCCCCC2)no1. The van der Waals surface area contributed by atoms with Crippen molar-refractivity contribution in [3.8, 4) is 0 Å². The van der Waals surface area contributed by atoms with Gasteiger partial charge in [0.05, 0.1) is 10.4 Å². The molecule has 1 N–H and O–H groups in total. The first-order valence-corrected chi connectivity index (χ1v) is 11.1. The molecular weight excluding hydrogens is 415 g/mol. The van der Waals surface area contributed by atoms with Gasteiger partial charge in [0.25, 0.3) is 0 Å². The molecule has 0 amide bonds. The maximum atomic E-state index is 13.0. The number of nitrogens with one attached hydrogen (secondary N) is 1. The monoisotopic (exact) mass is 435 g/mol. The van der Waals surface area contributed by atoms with Crippen molar-refractivity contribution in [1.29, 1.82) is 0 Å². The zero-order valence-corrected chi connectivity index (χ0v) is 16.8. The fraction of sp³-hybridized carbons (Fsp3) is 0.529. The van der Waals surface area contributed by atoms with Crippen molar-refractivity contribution in [3.63, 3.8) is 0 Å². The number of aromatic nitrogens is 2. The first kappa shape index (κ1) is 21.1. The molecule has 0 saturated heterocycles. The average molecular weight is 435 g/mol. The summed E-state index contributed by atoms with van der Waals surface area (Å²) in [5, 5.41) is 3.94. The molecule has 6 nitrogen and oxygen atoms in total. The van der Waals surface area contributed by atoms with Crippen LogP contribution in [0.2, 0.25) is 0 Å². The van der Waals surface area contributed by atoms with Crippen molar-refractivity contribution < 1.29 is 26.1 Å². The molecule has 1 aromatic carbocycles. The summed E-state index contributed by atoms with van der Waals surface area (Å²) in [5.74, 6) is 0.631. The van der Waals surface area contributed by atoms with Crippen LogP contribution >= 0.6 is 11.8 Å². The second-order valence-corrected chi connectivity index (χ2v) is 9.58. The smallest absolute Gasteiger partial charge is 0.340 e. The Morgan fingerprint density at radius 1 is 1.11 bits per heavy atom. The maximum absolute atomic E-state index is 13.0. The molecule has 11 heteroatoms. The van der Waals surface area contributed by atoms with Crippen LogP contribution in [0.3, 0.4) is 0 Å². The predicted octanol–water partition coefficient (Wildman–Crippen LogP) is 4.52. The van der Waals surface area contributed by atoms with E-state index in [2.05, 4.69) is 14.9 Å². The maximum Gasteiger partial charge on any atom is 0.446 e. The molecule has 3 rings (SSSR count). The van der Waals surface area contributed by atoms with Gasteiger partial charge >= 0.3 is 5.51 Å². The molecule has 2 aromatic rings. The minimum absolute atomic E-state index is 0.0792. The molecule has 0 bridgehead atoms. The van der Waals surface area contributed by atoms with Crippen molar-refractivity contribution >= 4 is 21.8 Å². The Morgan fingerprint density at radius 3 is 2.21 bits per heavy atom. The highest BCUT2D eigenvalue weighted by Gasteiger charge is 2.41. The van der Waals surface area contributed by atoms with Gasteiger partial charge in [0.15, 0.2) is 5.82 Å². The molecule has 1 aliphatic rings. The third-order valence-electron chi connectivity index (χ3n) is 4.61. The largest absolute Gasteiger partial charge is 0.446 e. The molecule has 0 radical (unpaired) electrons. The zero-order valence-electron chi connectivity index (χ0n) is 15.1. The van der Waals surface area contributed by atoms with Gasteiger partial charge in [-0.25, -0.2) is 8.42 Å². The van der Waals surface area contributed by atoms with E-state index in [9.17, 15) is 21.6 Å². The number of rotatable bonds is 5. The Hall–Kier alpha value is -1.59. The van der Waals surface area contributed by atoms with E-state index in [1.807, 2.05) is 0 Å². The summed E-state index contributed by atoms with van der Waals surface area (Å²) >= 11 is -0.290. The van der Waals surface area contributed by atoms with Crippen LogP contribution in [-0.2, 0) is 15.6 Å². The highest BCUT2D eigenvalue weighted by atomic mass is 32.2. The molecule has 1 saturated carbocycles. The summed E-state index contributed by atoms with van der Waals surface area (Å²) in [4.78, 5) is 4.06. The number of sulfonamides is 1. The van der Waals surface area contributed by atoms with E-state index in [0.29, 0.717) is 24.6 Å². The van der Waals surface area contributed by atoms with Crippen LogP contribution in [0.4, 0.5) is 13.2 Å². The number of thioether (sulfide) groups is 1. The normalized spacial score (nSPS) is 18.0. The van der Waals surface area contributed by atoms with Gasteiger partial charge in [-0.1, -0.05) is 30.8 Å². The van der Waals surface area contributed by atoms with Gasteiger partial charge in [-0.3, -0.25) is 0 Å². The molecule has 1 aliphatic carbocycles. The number of hydrogen-bond donors (Lipinski definition) is 1. The molecule has 0 atom stereocenters. The molecular formula is C17H20F3N3O3S2. The molecule has 28 heavy (non-hydrogen) atoms.